The fraction of sp³-hybridized carbons (Fsp3) is 0.600. The van der Waals surface area contributed by atoms with E-state index in [1.807, 2.05) is 12.1 Å². The molecule has 33 heavy (non-hydrogen) atoms. The van der Waals surface area contributed by atoms with Gasteiger partial charge in [0.2, 0.25) is 0 Å². The third-order valence-corrected chi connectivity index (χ3v) is 7.07. The van der Waals surface area contributed by atoms with Crippen LogP contribution in [0.25, 0.3) is 10.9 Å². The van der Waals surface area contributed by atoms with E-state index in [-0.39, 0.29) is 11.7 Å². The van der Waals surface area contributed by atoms with E-state index in [2.05, 4.69) is 40.0 Å². The highest BCUT2D eigenvalue weighted by Crippen LogP contribution is 2.19. The molecule has 2 fully saturated rings. The van der Waals surface area contributed by atoms with Crippen LogP contribution in [0.3, 0.4) is 0 Å². The summed E-state index contributed by atoms with van der Waals surface area (Å²) in [5.74, 6) is 0. The summed E-state index contributed by atoms with van der Waals surface area (Å²) in [6, 6.07) is 6.18. The molecule has 2 aromatic rings. The fourth-order valence-corrected chi connectivity index (χ4v) is 4.77. The molecular weight excluding hydrogens is 436 g/mol. The van der Waals surface area contributed by atoms with Crippen LogP contribution in [-0.2, 0) is 16.0 Å². The monoisotopic (exact) mass is 472 g/mol. The second-order valence-electron chi connectivity index (χ2n) is 9.20. The van der Waals surface area contributed by atoms with Crippen molar-refractivity contribution in [3.63, 3.8) is 0 Å². The Labute approximate surface area is 201 Å². The van der Waals surface area contributed by atoms with Crippen molar-refractivity contribution in [3.8, 4) is 0 Å². The quantitative estimate of drug-likeness (QED) is 0.452. The van der Waals surface area contributed by atoms with E-state index in [1.54, 1.807) is 0 Å². The first-order valence-electron chi connectivity index (χ1n) is 12.1. The van der Waals surface area contributed by atoms with E-state index in [0.717, 1.165) is 81.7 Å². The molecule has 0 aliphatic carbocycles. The molecule has 0 amide bonds. The summed E-state index contributed by atoms with van der Waals surface area (Å²) in [7, 11) is 0. The third-order valence-electron chi connectivity index (χ3n) is 6.66. The van der Waals surface area contributed by atoms with Crippen LogP contribution in [0.2, 0.25) is 0 Å². The Morgan fingerprint density at radius 1 is 1.21 bits per heavy atom. The van der Waals surface area contributed by atoms with Gasteiger partial charge in [-0.25, -0.2) is 0 Å². The van der Waals surface area contributed by atoms with Crippen molar-refractivity contribution in [1.29, 1.82) is 0 Å². The minimum atomic E-state index is -0.0572. The van der Waals surface area contributed by atoms with E-state index in [1.165, 1.54) is 11.1 Å². The number of hydrogen-bond donors (Lipinski definition) is 2. The summed E-state index contributed by atoms with van der Waals surface area (Å²) >= 11 is 5.77. The van der Waals surface area contributed by atoms with Gasteiger partial charge in [0.1, 0.15) is 0 Å². The number of nitrogens with one attached hydrogen (secondary N) is 2. The van der Waals surface area contributed by atoms with Gasteiger partial charge < -0.3 is 24.7 Å². The van der Waals surface area contributed by atoms with Gasteiger partial charge >= 0.3 is 0 Å². The molecule has 0 unspecified atom stereocenters. The highest BCUT2D eigenvalue weighted by Gasteiger charge is 2.22. The molecule has 1 aromatic carbocycles. The summed E-state index contributed by atoms with van der Waals surface area (Å²) in [4.78, 5) is 20.4. The van der Waals surface area contributed by atoms with Crippen molar-refractivity contribution >= 4 is 28.2 Å². The van der Waals surface area contributed by atoms with Crippen LogP contribution in [0, 0.1) is 13.8 Å². The summed E-state index contributed by atoms with van der Waals surface area (Å²) in [5.41, 5.74) is 3.93. The molecule has 0 spiro atoms. The number of aryl methyl sites for hydroxylation is 2. The van der Waals surface area contributed by atoms with Crippen molar-refractivity contribution in [2.24, 2.45) is 0 Å². The zero-order valence-corrected chi connectivity index (χ0v) is 20.6. The van der Waals surface area contributed by atoms with Gasteiger partial charge in [-0.2, -0.15) is 0 Å². The van der Waals surface area contributed by atoms with Crippen LogP contribution in [0.1, 0.15) is 36.0 Å². The Morgan fingerprint density at radius 2 is 2.00 bits per heavy atom. The van der Waals surface area contributed by atoms with Crippen LogP contribution in [0.4, 0.5) is 0 Å². The Bertz CT molecular complexity index is 1010. The smallest absolute Gasteiger partial charge is 0.253 e. The topological polar surface area (TPSA) is 69.8 Å². The van der Waals surface area contributed by atoms with Gasteiger partial charge in [-0.15, -0.1) is 0 Å². The van der Waals surface area contributed by atoms with Gasteiger partial charge in [0.15, 0.2) is 5.11 Å². The molecule has 8 heteroatoms. The second-order valence-corrected chi connectivity index (χ2v) is 9.59. The van der Waals surface area contributed by atoms with Crippen molar-refractivity contribution in [2.45, 2.75) is 45.8 Å². The van der Waals surface area contributed by atoms with Crippen LogP contribution in [0.5, 0.6) is 0 Å². The molecule has 3 heterocycles. The fourth-order valence-electron chi connectivity index (χ4n) is 4.53. The van der Waals surface area contributed by atoms with Gasteiger partial charge in [-0.3, -0.25) is 9.69 Å². The van der Waals surface area contributed by atoms with Crippen molar-refractivity contribution in [1.82, 2.24) is 20.1 Å². The maximum atomic E-state index is 12.9. The number of aromatic nitrogens is 1. The number of fused-ring (bicyclic) bond motifs is 1. The van der Waals surface area contributed by atoms with E-state index in [4.69, 9.17) is 21.7 Å². The Balaban J connectivity index is 1.42. The minimum absolute atomic E-state index is 0.0572. The molecule has 180 valence electrons. The molecule has 0 saturated carbocycles. The second kappa shape index (κ2) is 11.4. The molecule has 1 aromatic heterocycles. The number of rotatable bonds is 8. The highest BCUT2D eigenvalue weighted by atomic mass is 32.1. The number of benzene rings is 1. The molecule has 7 nitrogen and oxygen atoms in total. The first kappa shape index (κ1) is 24.1. The molecule has 2 saturated heterocycles. The van der Waals surface area contributed by atoms with E-state index in [0.29, 0.717) is 18.2 Å². The maximum Gasteiger partial charge on any atom is 0.253 e. The lowest BCUT2D eigenvalue weighted by atomic mass is 10.0. The van der Waals surface area contributed by atoms with Crippen LogP contribution in [0.15, 0.2) is 23.0 Å². The predicted octanol–water partition coefficient (Wildman–Crippen LogP) is 2.72. The number of thiocarbonyl (C=S) groups is 1. The lowest BCUT2D eigenvalue weighted by Gasteiger charge is -2.29. The molecule has 2 aliphatic heterocycles. The Kier molecular flexibility index (Phi) is 8.35. The summed E-state index contributed by atoms with van der Waals surface area (Å²) in [6.07, 6.45) is 3.28. The van der Waals surface area contributed by atoms with Crippen LogP contribution < -0.4 is 10.9 Å². The highest BCUT2D eigenvalue weighted by molar-refractivity contribution is 7.80. The average molecular weight is 473 g/mol. The number of morpholine rings is 1. The zero-order chi connectivity index (χ0) is 23.2. The molecule has 2 aliphatic rings. The van der Waals surface area contributed by atoms with Gasteiger partial charge in [0.05, 0.1) is 25.9 Å². The van der Waals surface area contributed by atoms with Crippen molar-refractivity contribution in [3.05, 3.63) is 45.2 Å². The molecule has 0 radical (unpaired) electrons. The summed E-state index contributed by atoms with van der Waals surface area (Å²) in [6.45, 7) is 11.6. The average Bonchev–Trinajstić information content (AvgIpc) is 3.32. The normalized spacial score (nSPS) is 19.2. The Hall–Kier alpha value is -2.00. The molecule has 1 atom stereocenters. The third kappa shape index (κ3) is 6.53. The van der Waals surface area contributed by atoms with Crippen LogP contribution in [-0.4, -0.2) is 78.5 Å². The largest absolute Gasteiger partial charge is 0.379 e. The van der Waals surface area contributed by atoms with Gasteiger partial charge in [-0.05, 0) is 86.6 Å². The number of aromatic amines is 1. The SMILES string of the molecule is Cc1cc2cc(CN(C[C@@H]3CCCO3)C(=S)NCCCN3CCOCC3)c(=O)[nH]c2cc1C. The van der Waals surface area contributed by atoms with E-state index in [9.17, 15) is 4.79 Å². The number of pyridine rings is 1. The van der Waals surface area contributed by atoms with Crippen LogP contribution >= 0.6 is 12.2 Å². The maximum absolute atomic E-state index is 12.9. The zero-order valence-electron chi connectivity index (χ0n) is 19.8. The molecule has 2 N–H and O–H groups in total. The molecule has 4 rings (SSSR count). The standard InChI is InChI=1S/C25H36N4O3S/c1-18-13-20-15-21(24(30)27-23(20)14-19(18)2)16-29(17-22-5-3-10-32-22)25(33)26-6-4-7-28-8-11-31-12-9-28/h13-15,22H,3-12,16-17H2,1-2H3,(H,26,33)(H,27,30)/t22-/m0/s1. The number of hydrogen-bond acceptors (Lipinski definition) is 5. The van der Waals surface area contributed by atoms with Gasteiger partial charge in [0, 0.05) is 43.9 Å². The lowest BCUT2D eigenvalue weighted by molar-refractivity contribution is 0.0375. The predicted molar refractivity (Wildman–Crippen MR) is 136 cm³/mol. The number of nitrogens with zero attached hydrogens (tertiary/aromatic N) is 2. The van der Waals surface area contributed by atoms with Crippen molar-refractivity contribution in [2.75, 3.05) is 52.5 Å². The first-order chi connectivity index (χ1) is 16.0. The molecular formula is C25H36N4O3S. The van der Waals surface area contributed by atoms with Crippen molar-refractivity contribution < 1.29 is 9.47 Å². The summed E-state index contributed by atoms with van der Waals surface area (Å²) < 4.78 is 11.3. The first-order valence-corrected chi connectivity index (χ1v) is 12.5. The van der Waals surface area contributed by atoms with Gasteiger partial charge in [0.25, 0.3) is 5.56 Å². The molecule has 0 bridgehead atoms. The number of H-pyrrole nitrogens is 1. The minimum Gasteiger partial charge on any atom is -0.379 e. The van der Waals surface area contributed by atoms with E-state index < -0.39 is 0 Å². The lowest BCUT2D eigenvalue weighted by Crippen LogP contribution is -2.45. The Morgan fingerprint density at radius 3 is 2.76 bits per heavy atom. The van der Waals surface area contributed by atoms with E-state index >= 15 is 0 Å². The van der Waals surface area contributed by atoms with Gasteiger partial charge in [-0.1, -0.05) is 0 Å². The number of ether oxygens (including phenoxy) is 2. The summed E-state index contributed by atoms with van der Waals surface area (Å²) in [5, 5.41) is 5.16.